The van der Waals surface area contributed by atoms with Crippen molar-refractivity contribution in [3.63, 3.8) is 0 Å². The van der Waals surface area contributed by atoms with Gasteiger partial charge in [0.1, 0.15) is 104 Å². The van der Waals surface area contributed by atoms with Crippen LogP contribution in [0.3, 0.4) is 0 Å². The van der Waals surface area contributed by atoms with Gasteiger partial charge in [-0.3, -0.25) is 24.0 Å². The van der Waals surface area contributed by atoms with Crippen molar-refractivity contribution in [1.29, 1.82) is 0 Å². The first-order valence-corrected chi connectivity index (χ1v) is 44.8. The summed E-state index contributed by atoms with van der Waals surface area (Å²) in [6.07, 6.45) is -36.4. The molecule has 0 aliphatic carbocycles. The molecular formula is C103H117NO29. The minimum Gasteiger partial charge on any atom is -0.463 e. The van der Waals surface area contributed by atoms with Crippen LogP contribution in [0.2, 0.25) is 0 Å². The van der Waals surface area contributed by atoms with Crippen LogP contribution in [0.1, 0.15) is 91.6 Å². The number of esters is 4. The van der Waals surface area contributed by atoms with Crippen LogP contribution in [0, 0.1) is 0 Å². The van der Waals surface area contributed by atoms with Crippen molar-refractivity contribution in [2.24, 2.45) is 0 Å². The van der Waals surface area contributed by atoms with Gasteiger partial charge in [-0.1, -0.05) is 273 Å². The monoisotopic (exact) mass is 1830 g/mol. The van der Waals surface area contributed by atoms with E-state index in [2.05, 4.69) is 5.32 Å². The molecule has 0 spiro atoms. The number of hydrogen-bond acceptors (Lipinski definition) is 29. The summed E-state index contributed by atoms with van der Waals surface area (Å²) in [5.41, 5.74) is 7.02. The van der Waals surface area contributed by atoms with E-state index >= 15 is 0 Å². The predicted octanol–water partition coefficient (Wildman–Crippen LogP) is 11.6. The fourth-order valence-corrected chi connectivity index (χ4v) is 16.7. The highest BCUT2D eigenvalue weighted by molar-refractivity contribution is 5.73. The fourth-order valence-electron chi connectivity index (χ4n) is 16.7. The summed E-state index contributed by atoms with van der Waals surface area (Å²) in [6, 6.07) is 83.3. The van der Waals surface area contributed by atoms with E-state index in [9.17, 15) is 34.2 Å². The molecule has 5 fully saturated rings. The Labute approximate surface area is 773 Å². The quantitative estimate of drug-likeness (QED) is 0.0236. The van der Waals surface area contributed by atoms with Crippen molar-refractivity contribution < 1.29 is 138 Å². The maximum Gasteiger partial charge on any atom is 0.303 e. The first-order valence-electron chi connectivity index (χ1n) is 44.8. The number of aliphatic hydroxyl groups excluding tert-OH is 2. The molecule has 30 heteroatoms. The Bertz CT molecular complexity index is 4960. The van der Waals surface area contributed by atoms with Gasteiger partial charge in [0, 0.05) is 34.6 Å². The number of nitrogens with one attached hydrogen (secondary N) is 1. The standard InChI is InChI=1S/C103H117NO29/c1-65-86(115-55-73-38-20-9-21-39-73)92(116-56-74-40-22-10-23-41-74)97(120-60-78-48-30-14-31-49-78)101(122-65)130-87-81(62-112-53-71-34-16-7-17-35-71)127-99(84(104-66(2)106)90(87)132-103-98(125-70(6)110)94(124-69(5)109)89(123-68(4)108)83(129-103)64-114-67(3)107)133-91-85(111)80(52-105)126-102(95(91)118-58-76-44-26-12-27-45-76)131-88-82(63-113-54-72-36-18-8-19-37-72)128-100(121-61-79-50-32-15-33-51-79)96(119-59-77-46-28-13-29-47-77)93(88)117-57-75-42-24-11-25-43-75/h7-51,65,80-103,105,111H,52-64H2,1-6H3,(H,104,106)/t65-,80+,81+,82+,83+,84+,85-,86+,87+,88+,89-,90+,91-,92+,93-,94-,95+,96+,97-,98+,99-,100+,101-,102-,103-/m0/s1. The summed E-state index contributed by atoms with van der Waals surface area (Å²) in [7, 11) is 0. The zero-order chi connectivity index (χ0) is 92.8. The lowest BCUT2D eigenvalue weighted by molar-refractivity contribution is -0.399. The van der Waals surface area contributed by atoms with Gasteiger partial charge in [0.25, 0.3) is 0 Å². The maximum atomic E-state index is 14.9. The van der Waals surface area contributed by atoms with Crippen LogP contribution < -0.4 is 5.32 Å². The molecule has 1 amide bonds. The summed E-state index contributed by atoms with van der Waals surface area (Å²) in [6.45, 7) is 5.23. The molecule has 5 heterocycles. The van der Waals surface area contributed by atoms with Gasteiger partial charge in [0.05, 0.1) is 85.4 Å². The van der Waals surface area contributed by atoms with E-state index in [-0.39, 0.29) is 66.1 Å². The lowest BCUT2D eigenvalue weighted by atomic mass is 9.93. The second kappa shape index (κ2) is 50.2. The molecule has 5 aliphatic rings. The Balaban J connectivity index is 0.922. The number of ether oxygens (including phenoxy) is 22. The summed E-state index contributed by atoms with van der Waals surface area (Å²) >= 11 is 0. The summed E-state index contributed by atoms with van der Waals surface area (Å²) in [5, 5.41) is 28.4. The van der Waals surface area contributed by atoms with Gasteiger partial charge in [-0.05, 0) is 57.0 Å². The Morgan fingerprint density at radius 2 is 0.564 bits per heavy atom. The molecule has 708 valence electrons. The molecule has 9 aromatic carbocycles. The largest absolute Gasteiger partial charge is 0.463 e. The first-order chi connectivity index (χ1) is 64.8. The third-order valence-electron chi connectivity index (χ3n) is 23.0. The van der Waals surface area contributed by atoms with E-state index in [1.165, 1.54) is 6.92 Å². The van der Waals surface area contributed by atoms with Crippen molar-refractivity contribution in [2.75, 3.05) is 26.4 Å². The first kappa shape index (κ1) is 98.5. The van der Waals surface area contributed by atoms with Gasteiger partial charge in [0.15, 0.2) is 49.8 Å². The van der Waals surface area contributed by atoms with Gasteiger partial charge < -0.3 is 120 Å². The van der Waals surface area contributed by atoms with Crippen molar-refractivity contribution in [3.05, 3.63) is 323 Å². The van der Waals surface area contributed by atoms with Gasteiger partial charge >= 0.3 is 23.9 Å². The van der Waals surface area contributed by atoms with Gasteiger partial charge in [-0.25, -0.2) is 0 Å². The lowest BCUT2D eigenvalue weighted by Gasteiger charge is -2.53. The van der Waals surface area contributed by atoms with Crippen LogP contribution in [0.25, 0.3) is 0 Å². The number of benzene rings is 9. The highest BCUT2D eigenvalue weighted by Crippen LogP contribution is 2.42. The number of aliphatic hydroxyl groups is 2. The van der Waals surface area contributed by atoms with Crippen LogP contribution >= 0.6 is 0 Å². The highest BCUT2D eigenvalue weighted by Gasteiger charge is 2.61. The second-order valence-electron chi connectivity index (χ2n) is 33.1. The van der Waals surface area contributed by atoms with Gasteiger partial charge in [-0.2, -0.15) is 0 Å². The summed E-state index contributed by atoms with van der Waals surface area (Å²) in [4.78, 5) is 68.9. The Kier molecular flexibility index (Phi) is 37.2. The Hall–Kier alpha value is -10.5. The normalized spacial score (nSPS) is 28.7. The average Bonchev–Trinajstić information content (AvgIpc) is 0.748. The molecule has 3 N–H and O–H groups in total. The highest BCUT2D eigenvalue weighted by atomic mass is 16.8. The minimum absolute atomic E-state index is 0.00636. The van der Waals surface area contributed by atoms with Crippen LogP contribution in [-0.2, 0) is 188 Å². The maximum absolute atomic E-state index is 14.9. The zero-order valence-corrected chi connectivity index (χ0v) is 75.0. The molecule has 0 radical (unpaired) electrons. The molecule has 0 aromatic heterocycles. The van der Waals surface area contributed by atoms with Gasteiger partial charge in [-0.15, -0.1) is 0 Å². The number of amides is 1. The Morgan fingerprint density at radius 1 is 0.278 bits per heavy atom. The molecule has 14 rings (SSSR count). The van der Waals surface area contributed by atoms with Crippen LogP contribution in [-0.4, -0.2) is 220 Å². The third-order valence-corrected chi connectivity index (χ3v) is 23.0. The van der Waals surface area contributed by atoms with Crippen LogP contribution in [0.15, 0.2) is 273 Å². The molecule has 25 atom stereocenters. The smallest absolute Gasteiger partial charge is 0.303 e. The van der Waals surface area contributed by atoms with E-state index in [1.54, 1.807) is 6.92 Å². The average molecular weight is 1830 g/mol. The molecule has 133 heavy (non-hydrogen) atoms. The molecule has 5 saturated heterocycles. The second-order valence-corrected chi connectivity index (χ2v) is 33.1. The van der Waals surface area contributed by atoms with Crippen molar-refractivity contribution in [2.45, 2.75) is 254 Å². The van der Waals surface area contributed by atoms with E-state index in [1.807, 2.05) is 273 Å². The van der Waals surface area contributed by atoms with Crippen molar-refractivity contribution >= 4 is 29.8 Å². The molecule has 9 aromatic rings. The van der Waals surface area contributed by atoms with E-state index in [0.717, 1.165) is 72.2 Å². The molecular weight excluding hydrogens is 1720 g/mol. The van der Waals surface area contributed by atoms with Crippen molar-refractivity contribution in [3.8, 4) is 0 Å². The molecule has 30 nitrogen and oxygen atoms in total. The van der Waals surface area contributed by atoms with E-state index < -0.39 is 203 Å². The number of hydrogen-bond donors (Lipinski definition) is 3. The summed E-state index contributed by atoms with van der Waals surface area (Å²) < 4.78 is 153. The molecule has 5 aliphatic heterocycles. The minimum atomic E-state index is -2.04. The van der Waals surface area contributed by atoms with Crippen LogP contribution in [0.4, 0.5) is 0 Å². The van der Waals surface area contributed by atoms with Crippen LogP contribution in [0.5, 0.6) is 0 Å². The number of carbonyl (C=O) groups is 5. The zero-order valence-electron chi connectivity index (χ0n) is 75.0. The lowest BCUT2D eigenvalue weighted by Crippen LogP contribution is -2.72. The predicted molar refractivity (Wildman–Crippen MR) is 476 cm³/mol. The van der Waals surface area contributed by atoms with E-state index in [4.69, 9.17) is 104 Å². The van der Waals surface area contributed by atoms with Gasteiger partial charge in [0.2, 0.25) is 5.91 Å². The number of rotatable bonds is 44. The molecule has 0 saturated carbocycles. The van der Waals surface area contributed by atoms with E-state index in [0.29, 0.717) is 5.56 Å². The summed E-state index contributed by atoms with van der Waals surface area (Å²) in [5.74, 6) is -4.39. The topological polar surface area (TPSA) is 341 Å². The number of carbonyl (C=O) groups excluding carboxylic acids is 5. The molecule has 0 bridgehead atoms. The molecule has 0 unspecified atom stereocenters. The Morgan fingerprint density at radius 3 is 0.955 bits per heavy atom. The van der Waals surface area contributed by atoms with Crippen molar-refractivity contribution in [1.82, 2.24) is 5.32 Å². The fraction of sp³-hybridized carbons (Fsp3) is 0.427. The third kappa shape index (κ3) is 28.3. The SMILES string of the molecule is CC(=O)N[C@H]1[C@H](O[C@H]2[C@@H](O)[C@@H](CO)O[C@@H](O[C@H]3[C@H](OCc4ccccc4)[C@@H](OCc4ccccc4)[C@H](OCc4ccccc4)O[C@@H]3COCc3ccccc3)[C@@H]2OCc2ccccc2)O[C@H](COCc2ccccc2)[C@@H](O[C@@H]2O[C@@H](C)[C@@H](OCc3ccccc3)[C@@H](OCc3ccccc3)[C@@H]2OCc2ccccc2)[C@@H]1O[C@@H]1O[C@H](COC(C)=O)[C@H](OC(C)=O)[C@H](OC(C)=O)[C@H]1OC(C)=O.